The Kier molecular flexibility index (Phi) is 3.72. The van der Waals surface area contributed by atoms with E-state index in [1.165, 1.54) is 0 Å². The summed E-state index contributed by atoms with van der Waals surface area (Å²) in [4.78, 5) is 12.0. The van der Waals surface area contributed by atoms with Gasteiger partial charge in [0.25, 0.3) is 5.91 Å². The smallest absolute Gasteiger partial charge is 0.251 e. The van der Waals surface area contributed by atoms with Crippen molar-refractivity contribution in [3.8, 4) is 0 Å². The summed E-state index contributed by atoms with van der Waals surface area (Å²) in [5.41, 5.74) is 6.07. The second-order valence-corrected chi connectivity index (χ2v) is 4.76. The normalized spacial score (nSPS) is 17.3. The molecule has 0 radical (unpaired) electrons. The van der Waals surface area contributed by atoms with Crippen LogP contribution < -0.4 is 11.1 Å². The van der Waals surface area contributed by atoms with E-state index in [9.17, 15) is 4.79 Å². The Bertz CT molecular complexity index is 469. The first-order valence-electron chi connectivity index (χ1n) is 5.65. The van der Waals surface area contributed by atoms with Crippen LogP contribution in [0.5, 0.6) is 0 Å². The van der Waals surface area contributed by atoms with Crippen LogP contribution in [0.3, 0.4) is 0 Å². The standard InChI is InChI=1S/C12H14ClN3O2/c13-9-5-3-8(4-6-9)12(17)15-10(7-1-2-7)11(14)16-18/h3-7,10,18H,1-2H2,(H2,14,16)(H,15,17). The number of nitrogens with two attached hydrogens (primary N) is 1. The molecule has 18 heavy (non-hydrogen) atoms. The molecule has 1 atom stereocenters. The molecule has 0 aliphatic heterocycles. The van der Waals surface area contributed by atoms with Crippen LogP contribution in [0.25, 0.3) is 0 Å². The van der Waals surface area contributed by atoms with Crippen molar-refractivity contribution < 1.29 is 10.0 Å². The molecule has 96 valence electrons. The van der Waals surface area contributed by atoms with Crippen LogP contribution in [0.15, 0.2) is 29.4 Å². The highest BCUT2D eigenvalue weighted by Gasteiger charge is 2.35. The van der Waals surface area contributed by atoms with Crippen molar-refractivity contribution in [2.24, 2.45) is 16.8 Å². The Morgan fingerprint density at radius 3 is 2.56 bits per heavy atom. The fraction of sp³-hybridized carbons (Fsp3) is 0.333. The largest absolute Gasteiger partial charge is 0.409 e. The quantitative estimate of drug-likeness (QED) is 0.335. The molecule has 4 N–H and O–H groups in total. The molecule has 1 saturated carbocycles. The topological polar surface area (TPSA) is 87.7 Å². The van der Waals surface area contributed by atoms with E-state index < -0.39 is 6.04 Å². The molecule has 5 nitrogen and oxygen atoms in total. The Balaban J connectivity index is 2.07. The molecular formula is C12H14ClN3O2. The zero-order valence-corrected chi connectivity index (χ0v) is 10.4. The van der Waals surface area contributed by atoms with Crippen LogP contribution in [0.4, 0.5) is 0 Å². The van der Waals surface area contributed by atoms with Crippen LogP contribution in [0.1, 0.15) is 23.2 Å². The Morgan fingerprint density at radius 1 is 1.44 bits per heavy atom. The number of amidine groups is 1. The maximum atomic E-state index is 12.0. The minimum absolute atomic E-state index is 0.0415. The number of nitrogens with zero attached hydrogens (tertiary/aromatic N) is 1. The molecule has 1 aromatic carbocycles. The van der Waals surface area contributed by atoms with Crippen molar-refractivity contribution in [3.05, 3.63) is 34.9 Å². The lowest BCUT2D eigenvalue weighted by atomic mass is 10.1. The summed E-state index contributed by atoms with van der Waals surface area (Å²) in [6, 6.07) is 6.15. The second-order valence-electron chi connectivity index (χ2n) is 4.32. The number of amides is 1. The first kappa shape index (κ1) is 12.7. The number of benzene rings is 1. The van der Waals surface area contributed by atoms with Gasteiger partial charge in [0.1, 0.15) is 0 Å². The third kappa shape index (κ3) is 2.92. The lowest BCUT2D eigenvalue weighted by molar-refractivity contribution is 0.0943. The predicted octanol–water partition coefficient (Wildman–Crippen LogP) is 1.59. The van der Waals surface area contributed by atoms with Crippen molar-refractivity contribution in [1.82, 2.24) is 5.32 Å². The van der Waals surface area contributed by atoms with E-state index in [1.807, 2.05) is 0 Å². The maximum Gasteiger partial charge on any atom is 0.251 e. The number of carbonyl (C=O) groups is 1. The average molecular weight is 268 g/mol. The number of hydrogen-bond acceptors (Lipinski definition) is 3. The maximum absolute atomic E-state index is 12.0. The van der Waals surface area contributed by atoms with E-state index >= 15 is 0 Å². The fourth-order valence-corrected chi connectivity index (χ4v) is 1.88. The third-order valence-electron chi connectivity index (χ3n) is 2.92. The number of nitrogens with one attached hydrogen (secondary N) is 1. The Labute approximate surface area is 110 Å². The van der Waals surface area contributed by atoms with Gasteiger partial charge in [0, 0.05) is 10.6 Å². The lowest BCUT2D eigenvalue weighted by Crippen LogP contribution is -2.46. The van der Waals surface area contributed by atoms with Gasteiger partial charge in [-0.3, -0.25) is 4.79 Å². The first-order valence-corrected chi connectivity index (χ1v) is 6.03. The summed E-state index contributed by atoms with van der Waals surface area (Å²) in [5.74, 6) is 0.0483. The van der Waals surface area contributed by atoms with Gasteiger partial charge in [-0.1, -0.05) is 16.8 Å². The summed E-state index contributed by atoms with van der Waals surface area (Å²) < 4.78 is 0. The fourth-order valence-electron chi connectivity index (χ4n) is 1.75. The molecule has 0 aromatic heterocycles. The highest BCUT2D eigenvalue weighted by atomic mass is 35.5. The van der Waals surface area contributed by atoms with Gasteiger partial charge in [0.05, 0.1) is 6.04 Å². The summed E-state index contributed by atoms with van der Waals surface area (Å²) in [5, 5.41) is 15.0. The molecule has 2 rings (SSSR count). The third-order valence-corrected chi connectivity index (χ3v) is 3.17. The minimum Gasteiger partial charge on any atom is -0.409 e. The molecule has 0 saturated heterocycles. The van der Waals surface area contributed by atoms with Gasteiger partial charge in [-0.2, -0.15) is 0 Å². The molecule has 6 heteroatoms. The Morgan fingerprint density at radius 2 is 2.06 bits per heavy atom. The molecule has 1 aromatic rings. The van der Waals surface area contributed by atoms with Gasteiger partial charge < -0.3 is 16.3 Å². The van der Waals surface area contributed by atoms with Gasteiger partial charge in [-0.15, -0.1) is 0 Å². The summed E-state index contributed by atoms with van der Waals surface area (Å²) >= 11 is 5.75. The van der Waals surface area contributed by atoms with Crippen molar-refractivity contribution in [1.29, 1.82) is 0 Å². The number of oxime groups is 1. The molecular weight excluding hydrogens is 254 g/mol. The van der Waals surface area contributed by atoms with Crippen molar-refractivity contribution in [3.63, 3.8) is 0 Å². The van der Waals surface area contributed by atoms with Gasteiger partial charge in [0.15, 0.2) is 5.84 Å². The number of carbonyl (C=O) groups excluding carboxylic acids is 1. The SMILES string of the molecule is NC(=NO)C(NC(=O)c1ccc(Cl)cc1)C1CC1. The van der Waals surface area contributed by atoms with E-state index in [1.54, 1.807) is 24.3 Å². The monoisotopic (exact) mass is 267 g/mol. The number of hydrogen-bond donors (Lipinski definition) is 3. The molecule has 0 bridgehead atoms. The first-order chi connectivity index (χ1) is 8.61. The highest BCUT2D eigenvalue weighted by Crippen LogP contribution is 2.32. The molecule has 1 fully saturated rings. The molecule has 0 spiro atoms. The van der Waals surface area contributed by atoms with Gasteiger partial charge in [-0.05, 0) is 43.0 Å². The highest BCUT2D eigenvalue weighted by molar-refractivity contribution is 6.30. The number of halogens is 1. The lowest BCUT2D eigenvalue weighted by Gasteiger charge is -2.16. The van der Waals surface area contributed by atoms with Crippen LogP contribution in [-0.2, 0) is 0 Å². The summed E-state index contributed by atoms with van der Waals surface area (Å²) in [6.45, 7) is 0. The van der Waals surface area contributed by atoms with E-state index in [2.05, 4.69) is 10.5 Å². The van der Waals surface area contributed by atoms with E-state index in [0.29, 0.717) is 10.6 Å². The van der Waals surface area contributed by atoms with Crippen LogP contribution in [0.2, 0.25) is 5.02 Å². The van der Waals surface area contributed by atoms with Crippen molar-refractivity contribution >= 4 is 23.3 Å². The molecule has 1 amide bonds. The molecule has 1 aliphatic rings. The number of rotatable bonds is 4. The van der Waals surface area contributed by atoms with Crippen LogP contribution in [0, 0.1) is 5.92 Å². The Hall–Kier alpha value is -1.75. The molecule has 0 heterocycles. The van der Waals surface area contributed by atoms with E-state index in [4.69, 9.17) is 22.5 Å². The van der Waals surface area contributed by atoms with Gasteiger partial charge >= 0.3 is 0 Å². The average Bonchev–Trinajstić information content (AvgIpc) is 3.20. The van der Waals surface area contributed by atoms with E-state index in [-0.39, 0.29) is 17.7 Å². The zero-order chi connectivity index (χ0) is 13.1. The molecule has 1 aliphatic carbocycles. The summed E-state index contributed by atoms with van der Waals surface area (Å²) in [6.07, 6.45) is 1.95. The summed E-state index contributed by atoms with van der Waals surface area (Å²) in [7, 11) is 0. The van der Waals surface area contributed by atoms with Gasteiger partial charge in [0.2, 0.25) is 0 Å². The zero-order valence-electron chi connectivity index (χ0n) is 9.64. The van der Waals surface area contributed by atoms with Crippen LogP contribution in [-0.4, -0.2) is 23.0 Å². The van der Waals surface area contributed by atoms with E-state index in [0.717, 1.165) is 12.8 Å². The predicted molar refractivity (Wildman–Crippen MR) is 68.8 cm³/mol. The van der Waals surface area contributed by atoms with Gasteiger partial charge in [-0.25, -0.2) is 0 Å². The minimum atomic E-state index is -0.404. The van der Waals surface area contributed by atoms with Crippen molar-refractivity contribution in [2.75, 3.05) is 0 Å². The van der Waals surface area contributed by atoms with Crippen LogP contribution >= 0.6 is 11.6 Å². The second kappa shape index (κ2) is 5.27. The van der Waals surface area contributed by atoms with Crippen molar-refractivity contribution in [2.45, 2.75) is 18.9 Å². The molecule has 1 unspecified atom stereocenters.